The number of hydrogen-bond acceptors (Lipinski definition) is 3. The molecule has 3 rings (SSSR count). The van der Waals surface area contributed by atoms with E-state index < -0.39 is 0 Å². The molecular weight excluding hydrogens is 205 g/mol. The predicted molar refractivity (Wildman–Crippen MR) is 59.5 cm³/mol. The second-order valence-electron chi connectivity index (χ2n) is 5.26. The van der Waals surface area contributed by atoms with Gasteiger partial charge >= 0.3 is 0 Å². The van der Waals surface area contributed by atoms with Crippen molar-refractivity contribution in [1.82, 2.24) is 9.97 Å². The number of piperidine rings is 1. The van der Waals surface area contributed by atoms with Crippen LogP contribution in [-0.2, 0) is 0 Å². The Labute approximate surface area is 94.7 Å². The van der Waals surface area contributed by atoms with Gasteiger partial charge < -0.3 is 4.90 Å². The Kier molecular flexibility index (Phi) is 2.13. The maximum atomic E-state index is 12.7. The summed E-state index contributed by atoms with van der Waals surface area (Å²) in [6, 6.07) is 0. The summed E-state index contributed by atoms with van der Waals surface area (Å²) < 4.78 is 12.7. The van der Waals surface area contributed by atoms with Crippen molar-refractivity contribution in [3.05, 3.63) is 18.2 Å². The van der Waals surface area contributed by atoms with Gasteiger partial charge in [0, 0.05) is 13.1 Å². The highest BCUT2D eigenvalue weighted by Gasteiger charge is 2.56. The summed E-state index contributed by atoms with van der Waals surface area (Å²) in [6.07, 6.45) is 2.48. The summed E-state index contributed by atoms with van der Waals surface area (Å²) in [4.78, 5) is 10.2. The molecule has 0 N–H and O–H groups in total. The van der Waals surface area contributed by atoms with E-state index in [1.165, 1.54) is 12.4 Å². The van der Waals surface area contributed by atoms with Gasteiger partial charge in [-0.1, -0.05) is 13.8 Å². The van der Waals surface area contributed by atoms with Crippen molar-refractivity contribution in [2.45, 2.75) is 13.8 Å². The summed E-state index contributed by atoms with van der Waals surface area (Å²) in [5, 5.41) is 0. The minimum atomic E-state index is -0.367. The molecule has 1 saturated carbocycles. The number of anilines is 1. The zero-order valence-corrected chi connectivity index (χ0v) is 9.60. The van der Waals surface area contributed by atoms with E-state index in [2.05, 4.69) is 28.7 Å². The maximum absolute atomic E-state index is 12.7. The third-order valence-corrected chi connectivity index (χ3v) is 3.92. The lowest BCUT2D eigenvalue weighted by Crippen LogP contribution is -2.26. The van der Waals surface area contributed by atoms with Crippen LogP contribution in [0.5, 0.6) is 0 Å². The Morgan fingerprint density at radius 2 is 1.81 bits per heavy atom. The van der Waals surface area contributed by atoms with Crippen LogP contribution in [0.1, 0.15) is 13.8 Å². The summed E-state index contributed by atoms with van der Waals surface area (Å²) >= 11 is 0. The van der Waals surface area contributed by atoms with Crippen molar-refractivity contribution < 1.29 is 4.39 Å². The van der Waals surface area contributed by atoms with E-state index >= 15 is 0 Å². The van der Waals surface area contributed by atoms with Gasteiger partial charge in [0.15, 0.2) is 5.82 Å². The lowest BCUT2D eigenvalue weighted by Gasteiger charge is -2.20. The summed E-state index contributed by atoms with van der Waals surface area (Å²) in [7, 11) is 0. The van der Waals surface area contributed by atoms with Crippen molar-refractivity contribution in [3.63, 3.8) is 0 Å². The molecule has 3 nitrogen and oxygen atoms in total. The van der Waals surface area contributed by atoms with Gasteiger partial charge in [-0.2, -0.15) is 0 Å². The van der Waals surface area contributed by atoms with E-state index in [4.69, 9.17) is 0 Å². The molecule has 0 bridgehead atoms. The minimum Gasteiger partial charge on any atom is -0.340 e. The number of aromatic nitrogens is 2. The first-order chi connectivity index (χ1) is 7.66. The first-order valence-electron chi connectivity index (χ1n) is 5.89. The molecule has 1 aliphatic heterocycles. The van der Waals surface area contributed by atoms with Crippen molar-refractivity contribution in [2.24, 2.45) is 23.7 Å². The Hall–Kier alpha value is -1.19. The van der Waals surface area contributed by atoms with Gasteiger partial charge in [0.2, 0.25) is 5.95 Å². The van der Waals surface area contributed by atoms with Gasteiger partial charge in [-0.05, 0) is 23.7 Å². The largest absolute Gasteiger partial charge is 0.340 e. The molecule has 0 radical (unpaired) electrons. The second kappa shape index (κ2) is 3.40. The number of rotatable bonds is 2. The van der Waals surface area contributed by atoms with Gasteiger partial charge in [-0.15, -0.1) is 0 Å². The SMILES string of the molecule is CC(C)C1C2CN(c3ncc(F)cn3)CC21. The van der Waals surface area contributed by atoms with Gasteiger partial charge in [0.1, 0.15) is 0 Å². The topological polar surface area (TPSA) is 29.0 Å². The highest BCUT2D eigenvalue weighted by atomic mass is 19.1. The maximum Gasteiger partial charge on any atom is 0.225 e. The number of nitrogens with zero attached hydrogens (tertiary/aromatic N) is 3. The fourth-order valence-electron chi connectivity index (χ4n) is 3.19. The van der Waals surface area contributed by atoms with Crippen LogP contribution in [0.3, 0.4) is 0 Å². The molecule has 16 heavy (non-hydrogen) atoms. The molecule has 4 heteroatoms. The zero-order chi connectivity index (χ0) is 11.3. The predicted octanol–water partition coefficient (Wildman–Crippen LogP) is 1.95. The van der Waals surface area contributed by atoms with Crippen LogP contribution in [0.15, 0.2) is 12.4 Å². The third-order valence-electron chi connectivity index (χ3n) is 3.92. The summed E-state index contributed by atoms with van der Waals surface area (Å²) in [5.41, 5.74) is 0. The van der Waals surface area contributed by atoms with Crippen molar-refractivity contribution >= 4 is 5.95 Å². The van der Waals surface area contributed by atoms with Crippen LogP contribution in [0.25, 0.3) is 0 Å². The first-order valence-corrected chi connectivity index (χ1v) is 5.89. The lowest BCUT2D eigenvalue weighted by atomic mass is 10.1. The van der Waals surface area contributed by atoms with Crippen LogP contribution in [0.2, 0.25) is 0 Å². The fourth-order valence-corrected chi connectivity index (χ4v) is 3.19. The molecule has 86 valence electrons. The average Bonchev–Trinajstić information content (AvgIpc) is 2.77. The molecule has 1 aromatic rings. The highest BCUT2D eigenvalue weighted by Crippen LogP contribution is 2.55. The van der Waals surface area contributed by atoms with E-state index in [0.717, 1.165) is 36.8 Å². The van der Waals surface area contributed by atoms with Gasteiger partial charge in [0.25, 0.3) is 0 Å². The molecule has 2 atom stereocenters. The summed E-state index contributed by atoms with van der Waals surface area (Å²) in [6.45, 7) is 6.67. The van der Waals surface area contributed by atoms with Crippen LogP contribution in [0.4, 0.5) is 10.3 Å². The quantitative estimate of drug-likeness (QED) is 0.764. The molecule has 0 aromatic carbocycles. The van der Waals surface area contributed by atoms with Gasteiger partial charge in [-0.3, -0.25) is 0 Å². The molecule has 0 amide bonds. The molecule has 1 aromatic heterocycles. The third kappa shape index (κ3) is 1.47. The monoisotopic (exact) mass is 221 g/mol. The van der Waals surface area contributed by atoms with E-state index in [1.807, 2.05) is 0 Å². The molecule has 1 saturated heterocycles. The molecule has 2 aliphatic rings. The Balaban J connectivity index is 1.67. The molecular formula is C12H16FN3. The average molecular weight is 221 g/mol. The second-order valence-corrected chi connectivity index (χ2v) is 5.26. The number of halogens is 1. The summed E-state index contributed by atoms with van der Waals surface area (Å²) in [5.74, 6) is 3.61. The van der Waals surface area contributed by atoms with Crippen molar-refractivity contribution in [2.75, 3.05) is 18.0 Å². The zero-order valence-electron chi connectivity index (χ0n) is 9.60. The smallest absolute Gasteiger partial charge is 0.225 e. The van der Waals surface area contributed by atoms with Crippen LogP contribution >= 0.6 is 0 Å². The Morgan fingerprint density at radius 1 is 1.25 bits per heavy atom. The molecule has 2 heterocycles. The Morgan fingerprint density at radius 3 is 2.31 bits per heavy atom. The minimum absolute atomic E-state index is 0.367. The van der Waals surface area contributed by atoms with E-state index in [9.17, 15) is 4.39 Å². The lowest BCUT2D eigenvalue weighted by molar-refractivity contribution is 0.477. The van der Waals surface area contributed by atoms with Crippen LogP contribution in [-0.4, -0.2) is 23.1 Å². The Bertz CT molecular complexity index is 378. The van der Waals surface area contributed by atoms with E-state index in [1.54, 1.807) is 0 Å². The van der Waals surface area contributed by atoms with Gasteiger partial charge in [0.05, 0.1) is 12.4 Å². The standard InChI is InChI=1S/C12H16FN3/c1-7(2)11-9-5-16(6-10(9)11)12-14-3-8(13)4-15-12/h3-4,7,9-11H,5-6H2,1-2H3. The van der Waals surface area contributed by atoms with Crippen LogP contribution in [0, 0.1) is 29.5 Å². The highest BCUT2D eigenvalue weighted by molar-refractivity contribution is 5.34. The van der Waals surface area contributed by atoms with E-state index in [-0.39, 0.29) is 5.82 Å². The molecule has 1 aliphatic carbocycles. The van der Waals surface area contributed by atoms with Crippen molar-refractivity contribution in [3.8, 4) is 0 Å². The normalized spacial score (nSPS) is 32.0. The first kappa shape index (κ1) is 10.00. The molecule has 0 spiro atoms. The molecule has 2 fully saturated rings. The number of fused-ring (bicyclic) bond motifs is 1. The van der Waals surface area contributed by atoms with E-state index in [0.29, 0.717) is 5.95 Å². The fraction of sp³-hybridized carbons (Fsp3) is 0.667. The van der Waals surface area contributed by atoms with Crippen LogP contribution < -0.4 is 4.90 Å². The van der Waals surface area contributed by atoms with Gasteiger partial charge in [-0.25, -0.2) is 14.4 Å². The number of hydrogen-bond donors (Lipinski definition) is 0. The molecule has 2 unspecified atom stereocenters. The van der Waals surface area contributed by atoms with Crippen molar-refractivity contribution in [1.29, 1.82) is 0 Å².